The Bertz CT molecular complexity index is 1220. The quantitative estimate of drug-likeness (QED) is 0.514. The van der Waals surface area contributed by atoms with Crippen molar-refractivity contribution in [1.82, 2.24) is 19.8 Å². The van der Waals surface area contributed by atoms with Crippen molar-refractivity contribution in [2.45, 2.75) is 56.6 Å². The van der Waals surface area contributed by atoms with Crippen LogP contribution < -0.4 is 9.64 Å². The summed E-state index contributed by atoms with van der Waals surface area (Å²) in [6.07, 6.45) is -2.96. The van der Waals surface area contributed by atoms with Crippen LogP contribution in [-0.2, 0) is 4.79 Å². The van der Waals surface area contributed by atoms with Crippen LogP contribution in [0.2, 0.25) is 0 Å². The maximum Gasteiger partial charge on any atom is 0.573 e. The van der Waals surface area contributed by atoms with Crippen molar-refractivity contribution in [3.63, 3.8) is 0 Å². The molecule has 2 aromatic rings. The smallest absolute Gasteiger partial charge is 0.403 e. The molecule has 1 aromatic carbocycles. The summed E-state index contributed by atoms with van der Waals surface area (Å²) in [5.74, 6) is -2.34. The number of hydrogen-bond donors (Lipinski definition) is 2. The number of aromatic nitrogens is 2. The molecule has 1 aliphatic carbocycles. The number of hydrogen-bond acceptors (Lipinski definition) is 8. The van der Waals surface area contributed by atoms with E-state index >= 15 is 0 Å². The van der Waals surface area contributed by atoms with Gasteiger partial charge in [0, 0.05) is 51.4 Å². The first kappa shape index (κ1) is 28.5. The van der Waals surface area contributed by atoms with Gasteiger partial charge in [-0.15, -0.1) is 13.2 Å². The zero-order chi connectivity index (χ0) is 28.6. The van der Waals surface area contributed by atoms with E-state index in [9.17, 15) is 32.6 Å². The Labute approximate surface area is 229 Å². The molecule has 1 amide bonds. The summed E-state index contributed by atoms with van der Waals surface area (Å²) in [7, 11) is 0. The van der Waals surface area contributed by atoms with E-state index in [2.05, 4.69) is 19.6 Å². The van der Waals surface area contributed by atoms with E-state index in [4.69, 9.17) is 0 Å². The van der Waals surface area contributed by atoms with Crippen LogP contribution in [0.1, 0.15) is 60.9 Å². The Hall–Kier alpha value is -3.03. The number of halogens is 4. The number of ether oxygens (including phenoxy) is 1. The second-order valence-corrected chi connectivity index (χ2v) is 10.8. The van der Waals surface area contributed by atoms with Crippen LogP contribution in [0.15, 0.2) is 24.5 Å². The predicted octanol–water partition coefficient (Wildman–Crippen LogP) is 2.94. The number of piperidine rings is 1. The number of aliphatic hydroxyl groups is 2. The molecule has 1 unspecified atom stereocenters. The van der Waals surface area contributed by atoms with Crippen molar-refractivity contribution < 1.29 is 37.3 Å². The molecular weight excluding hydrogens is 534 g/mol. The third kappa shape index (κ3) is 6.16. The fourth-order valence-corrected chi connectivity index (χ4v) is 5.94. The van der Waals surface area contributed by atoms with Crippen molar-refractivity contribution in [1.29, 1.82) is 0 Å². The second kappa shape index (κ2) is 11.5. The molecule has 0 bridgehead atoms. The van der Waals surface area contributed by atoms with E-state index in [1.807, 2.05) is 11.8 Å². The fourth-order valence-electron chi connectivity index (χ4n) is 5.94. The van der Waals surface area contributed by atoms with E-state index in [1.54, 1.807) is 4.90 Å². The van der Waals surface area contributed by atoms with Gasteiger partial charge in [-0.05, 0) is 42.9 Å². The van der Waals surface area contributed by atoms with Gasteiger partial charge < -0.3 is 29.6 Å². The zero-order valence-electron chi connectivity index (χ0n) is 22.1. The van der Waals surface area contributed by atoms with E-state index in [1.165, 1.54) is 12.4 Å². The molecule has 218 valence electrons. The Morgan fingerprint density at radius 2 is 1.80 bits per heavy atom. The zero-order valence-corrected chi connectivity index (χ0v) is 22.1. The average molecular weight is 568 g/mol. The Morgan fingerprint density at radius 3 is 2.45 bits per heavy atom. The number of amides is 1. The first-order chi connectivity index (χ1) is 19.0. The van der Waals surface area contributed by atoms with Crippen molar-refractivity contribution in [3.05, 3.63) is 47.2 Å². The number of carbonyl (C=O) groups excluding carboxylic acids is 1. The van der Waals surface area contributed by atoms with Gasteiger partial charge in [-0.3, -0.25) is 4.79 Å². The number of benzene rings is 1. The lowest BCUT2D eigenvalue weighted by Gasteiger charge is -2.39. The number of anilines is 1. The molecule has 13 heteroatoms. The maximum absolute atomic E-state index is 14.7. The Kier molecular flexibility index (Phi) is 8.16. The number of nitrogens with zero attached hydrogens (tertiary/aromatic N) is 5. The molecule has 0 radical (unpaired) electrons. The van der Waals surface area contributed by atoms with Crippen molar-refractivity contribution in [2.75, 3.05) is 50.7 Å². The number of piperazine rings is 1. The summed E-state index contributed by atoms with van der Waals surface area (Å²) < 4.78 is 56.4. The summed E-state index contributed by atoms with van der Waals surface area (Å²) >= 11 is 0. The van der Waals surface area contributed by atoms with Crippen LogP contribution in [0.25, 0.3) is 0 Å². The summed E-state index contributed by atoms with van der Waals surface area (Å²) in [5.41, 5.74) is 1.83. The lowest BCUT2D eigenvalue weighted by Crippen LogP contribution is -2.52. The van der Waals surface area contributed by atoms with Gasteiger partial charge >= 0.3 is 6.36 Å². The van der Waals surface area contributed by atoms with Gasteiger partial charge in [-0.2, -0.15) is 0 Å². The average Bonchev–Trinajstić information content (AvgIpc) is 3.22. The lowest BCUT2D eigenvalue weighted by molar-refractivity contribution is -0.275. The lowest BCUT2D eigenvalue weighted by atomic mass is 9.94. The highest BCUT2D eigenvalue weighted by molar-refractivity contribution is 5.84. The van der Waals surface area contributed by atoms with Crippen molar-refractivity contribution in [3.8, 4) is 5.75 Å². The summed E-state index contributed by atoms with van der Waals surface area (Å²) in [6, 6.07) is 3.15. The predicted molar refractivity (Wildman–Crippen MR) is 136 cm³/mol. The van der Waals surface area contributed by atoms with Crippen molar-refractivity contribution in [2.24, 2.45) is 0 Å². The molecule has 5 rings (SSSR count). The van der Waals surface area contributed by atoms with Crippen LogP contribution >= 0.6 is 0 Å². The van der Waals surface area contributed by atoms with E-state index < -0.39 is 36.1 Å². The Morgan fingerprint density at radius 1 is 1.10 bits per heavy atom. The number of alkyl halides is 3. The minimum Gasteiger partial charge on any atom is -0.403 e. The summed E-state index contributed by atoms with van der Waals surface area (Å²) in [5, 5.41) is 20.2. The molecule has 3 atom stereocenters. The number of fused-ring (bicyclic) bond motifs is 1. The third-order valence-corrected chi connectivity index (χ3v) is 8.05. The highest BCUT2D eigenvalue weighted by Crippen LogP contribution is 2.43. The SMILES string of the molecule is C[C@@H]1C[C@@H](O)c2ncnc(N3CCN(C(=O)C(CN4CCC(O)CC4)c4ccc(OC(F)(F)F)c(F)c4)CC3)c21. The monoisotopic (exact) mass is 567 g/mol. The Balaban J connectivity index is 1.33. The third-order valence-electron chi connectivity index (χ3n) is 8.05. The molecule has 9 nitrogen and oxygen atoms in total. The van der Waals surface area contributed by atoms with E-state index in [-0.39, 0.29) is 23.9 Å². The van der Waals surface area contributed by atoms with Gasteiger partial charge in [-0.1, -0.05) is 13.0 Å². The number of carbonyl (C=O) groups is 1. The van der Waals surface area contributed by atoms with Gasteiger partial charge in [0.25, 0.3) is 0 Å². The van der Waals surface area contributed by atoms with Gasteiger partial charge in [0.2, 0.25) is 5.91 Å². The second-order valence-electron chi connectivity index (χ2n) is 10.8. The van der Waals surface area contributed by atoms with E-state index in [0.29, 0.717) is 64.2 Å². The van der Waals surface area contributed by atoms with Crippen molar-refractivity contribution >= 4 is 11.7 Å². The van der Waals surface area contributed by atoms with Crippen LogP contribution in [0.3, 0.4) is 0 Å². The molecule has 3 aliphatic rings. The van der Waals surface area contributed by atoms with Crippen LogP contribution in [0.5, 0.6) is 5.75 Å². The minimum absolute atomic E-state index is 0.104. The fraction of sp³-hybridized carbons (Fsp3) is 0.593. The molecule has 2 aliphatic heterocycles. The molecule has 3 heterocycles. The van der Waals surface area contributed by atoms with Crippen LogP contribution in [-0.4, -0.2) is 94.2 Å². The summed E-state index contributed by atoms with van der Waals surface area (Å²) in [4.78, 5) is 28.3. The number of rotatable bonds is 6. The van der Waals surface area contributed by atoms with Crippen LogP contribution in [0, 0.1) is 5.82 Å². The van der Waals surface area contributed by atoms with Gasteiger partial charge in [0.05, 0.1) is 23.8 Å². The van der Waals surface area contributed by atoms with E-state index in [0.717, 1.165) is 23.5 Å². The topological polar surface area (TPSA) is 102 Å². The molecule has 2 N–H and O–H groups in total. The summed E-state index contributed by atoms with van der Waals surface area (Å²) in [6.45, 7) is 5.12. The largest absolute Gasteiger partial charge is 0.573 e. The van der Waals surface area contributed by atoms with Gasteiger partial charge in [-0.25, -0.2) is 14.4 Å². The minimum atomic E-state index is -5.04. The molecule has 1 aromatic heterocycles. The normalized spacial score (nSPS) is 23.3. The highest BCUT2D eigenvalue weighted by Gasteiger charge is 2.37. The highest BCUT2D eigenvalue weighted by atomic mass is 19.4. The maximum atomic E-state index is 14.7. The molecule has 2 saturated heterocycles. The number of aliphatic hydroxyl groups excluding tert-OH is 2. The first-order valence-corrected chi connectivity index (χ1v) is 13.5. The van der Waals surface area contributed by atoms with Gasteiger partial charge in [0.15, 0.2) is 11.6 Å². The number of likely N-dealkylation sites (tertiary alicyclic amines) is 1. The molecule has 40 heavy (non-hydrogen) atoms. The van der Waals surface area contributed by atoms with Gasteiger partial charge in [0.1, 0.15) is 12.1 Å². The molecule has 0 saturated carbocycles. The van der Waals surface area contributed by atoms with Crippen LogP contribution in [0.4, 0.5) is 23.4 Å². The molecule has 2 fully saturated rings. The first-order valence-electron chi connectivity index (χ1n) is 13.5. The molecular formula is C27H33F4N5O4. The standard InChI is InChI=1S/C27H33F4N5O4/c1-16-12-21(38)24-23(16)25(33-15-32-24)35-8-10-36(11-9-35)26(39)19(14-34-6-4-18(37)5-7-34)17-2-3-22(20(28)13-17)40-27(29,30)31/h2-3,13,15-16,18-19,21,37-38H,4-12,14H2,1H3/t16-,19?,21-/m1/s1. The molecule has 0 spiro atoms.